The van der Waals surface area contributed by atoms with E-state index in [1.165, 1.54) is 12.8 Å². The lowest BCUT2D eigenvalue weighted by molar-refractivity contribution is 0.276. The number of nitrogens with zero attached hydrogens (tertiary/aromatic N) is 1. The molecule has 4 N–H and O–H groups in total. The van der Waals surface area contributed by atoms with Gasteiger partial charge in [-0.2, -0.15) is 5.10 Å². The van der Waals surface area contributed by atoms with Gasteiger partial charge in [0.1, 0.15) is 5.82 Å². The highest BCUT2D eigenvalue weighted by Crippen LogP contribution is 2.28. The van der Waals surface area contributed by atoms with Gasteiger partial charge < -0.3 is 11.1 Å². The number of nitrogen functional groups attached to an aromatic ring is 1. The van der Waals surface area contributed by atoms with Crippen molar-refractivity contribution in [1.82, 2.24) is 15.5 Å². The van der Waals surface area contributed by atoms with Gasteiger partial charge in [0.2, 0.25) is 0 Å². The predicted octanol–water partition coefficient (Wildman–Crippen LogP) is 0.981. The van der Waals surface area contributed by atoms with Gasteiger partial charge in [0, 0.05) is 6.07 Å². The zero-order chi connectivity index (χ0) is 9.31. The van der Waals surface area contributed by atoms with Crippen LogP contribution in [0.5, 0.6) is 0 Å². The minimum absolute atomic E-state index is 0.0445. The number of hydrogen-bond donors (Lipinski definition) is 3. The zero-order valence-electron chi connectivity index (χ0n) is 7.93. The molecule has 0 amide bonds. The van der Waals surface area contributed by atoms with Gasteiger partial charge in [0.15, 0.2) is 0 Å². The molecule has 1 aliphatic heterocycles. The molecule has 1 aromatic heterocycles. The number of nitrogens with two attached hydrogens (primary N) is 1. The summed E-state index contributed by atoms with van der Waals surface area (Å²) in [7, 11) is 0. The molecule has 72 valence electrons. The van der Waals surface area contributed by atoms with Crippen molar-refractivity contribution in [3.63, 3.8) is 0 Å². The second kappa shape index (κ2) is 3.03. The molecule has 0 bridgehead atoms. The summed E-state index contributed by atoms with van der Waals surface area (Å²) in [6, 6.07) is 1.92. The average molecular weight is 180 g/mol. The second-order valence-electron chi connectivity index (χ2n) is 3.92. The standard InChI is InChI=1S/C9H16N4/c1-9(4-2-3-5-11-9)7-6-8(10)13-12-7/h6,11H,2-5H2,1H3,(H3,10,12,13). The van der Waals surface area contributed by atoms with Crippen LogP contribution in [0.25, 0.3) is 0 Å². The molecule has 2 heterocycles. The first-order valence-corrected chi connectivity index (χ1v) is 4.77. The van der Waals surface area contributed by atoms with Crippen LogP contribution in [0.15, 0.2) is 6.07 Å². The Kier molecular flexibility index (Phi) is 2.00. The zero-order valence-corrected chi connectivity index (χ0v) is 7.93. The normalized spacial score (nSPS) is 29.0. The van der Waals surface area contributed by atoms with Crippen molar-refractivity contribution in [3.05, 3.63) is 11.8 Å². The Morgan fingerprint density at radius 3 is 2.92 bits per heavy atom. The van der Waals surface area contributed by atoms with Crippen LogP contribution in [0.1, 0.15) is 31.9 Å². The number of H-pyrrole nitrogens is 1. The molecule has 0 radical (unpaired) electrons. The van der Waals surface area contributed by atoms with Crippen molar-refractivity contribution in [3.8, 4) is 0 Å². The van der Waals surface area contributed by atoms with E-state index in [0.717, 1.165) is 18.7 Å². The molecule has 1 saturated heterocycles. The maximum atomic E-state index is 5.57. The molecule has 0 saturated carbocycles. The fourth-order valence-corrected chi connectivity index (χ4v) is 1.91. The number of anilines is 1. The number of nitrogens with one attached hydrogen (secondary N) is 2. The number of aromatic amines is 1. The maximum absolute atomic E-state index is 5.57. The summed E-state index contributed by atoms with van der Waals surface area (Å²) >= 11 is 0. The van der Waals surface area contributed by atoms with E-state index in [-0.39, 0.29) is 5.54 Å². The number of piperidine rings is 1. The van der Waals surface area contributed by atoms with Gasteiger partial charge in [-0.25, -0.2) is 0 Å². The van der Waals surface area contributed by atoms with E-state index in [4.69, 9.17) is 5.73 Å². The van der Waals surface area contributed by atoms with Crippen LogP contribution in [0.4, 0.5) is 5.82 Å². The van der Waals surface area contributed by atoms with E-state index in [0.29, 0.717) is 5.82 Å². The highest BCUT2D eigenvalue weighted by molar-refractivity contribution is 5.32. The monoisotopic (exact) mass is 180 g/mol. The molecule has 1 unspecified atom stereocenters. The molecule has 1 aliphatic rings. The quantitative estimate of drug-likeness (QED) is 0.603. The maximum Gasteiger partial charge on any atom is 0.145 e. The molecular weight excluding hydrogens is 164 g/mol. The first kappa shape index (κ1) is 8.56. The Balaban J connectivity index is 2.22. The van der Waals surface area contributed by atoms with E-state index in [1.54, 1.807) is 0 Å². The van der Waals surface area contributed by atoms with Gasteiger partial charge in [-0.05, 0) is 32.7 Å². The molecule has 2 rings (SSSR count). The summed E-state index contributed by atoms with van der Waals surface area (Å²) in [4.78, 5) is 0. The van der Waals surface area contributed by atoms with Crippen LogP contribution in [0, 0.1) is 0 Å². The lowest BCUT2D eigenvalue weighted by atomic mass is 9.88. The van der Waals surface area contributed by atoms with E-state index in [9.17, 15) is 0 Å². The van der Waals surface area contributed by atoms with Crippen molar-refractivity contribution < 1.29 is 0 Å². The molecule has 0 spiro atoms. The van der Waals surface area contributed by atoms with Gasteiger partial charge in [0.25, 0.3) is 0 Å². The van der Waals surface area contributed by atoms with Crippen molar-refractivity contribution in [2.24, 2.45) is 0 Å². The first-order chi connectivity index (χ1) is 6.21. The van der Waals surface area contributed by atoms with Gasteiger partial charge in [-0.1, -0.05) is 0 Å². The summed E-state index contributed by atoms with van der Waals surface area (Å²) in [5.74, 6) is 0.573. The molecule has 1 aromatic rings. The van der Waals surface area contributed by atoms with Crippen molar-refractivity contribution >= 4 is 5.82 Å². The van der Waals surface area contributed by atoms with Gasteiger partial charge >= 0.3 is 0 Å². The van der Waals surface area contributed by atoms with Crippen molar-refractivity contribution in [2.45, 2.75) is 31.7 Å². The van der Waals surface area contributed by atoms with E-state index in [1.807, 2.05) is 6.07 Å². The summed E-state index contributed by atoms with van der Waals surface area (Å²) in [6.45, 7) is 3.27. The Bertz CT molecular complexity index is 286. The average Bonchev–Trinajstić information content (AvgIpc) is 2.54. The SMILES string of the molecule is CC1(c2cc(N)n[nH]2)CCCCN1. The van der Waals surface area contributed by atoms with Crippen LogP contribution >= 0.6 is 0 Å². The molecule has 4 nitrogen and oxygen atoms in total. The van der Waals surface area contributed by atoms with Crippen LogP contribution in [0.3, 0.4) is 0 Å². The molecular formula is C9H16N4. The number of hydrogen-bond acceptors (Lipinski definition) is 3. The van der Waals surface area contributed by atoms with Crippen LogP contribution in [-0.2, 0) is 5.54 Å². The lowest BCUT2D eigenvalue weighted by Crippen LogP contribution is -2.43. The van der Waals surface area contributed by atoms with E-state index in [2.05, 4.69) is 22.4 Å². The third kappa shape index (κ3) is 1.54. The summed E-state index contributed by atoms with van der Waals surface area (Å²) in [5, 5.41) is 10.4. The first-order valence-electron chi connectivity index (χ1n) is 4.77. The van der Waals surface area contributed by atoms with Crippen LogP contribution < -0.4 is 11.1 Å². The van der Waals surface area contributed by atoms with Crippen molar-refractivity contribution in [1.29, 1.82) is 0 Å². The van der Waals surface area contributed by atoms with Gasteiger partial charge in [0.05, 0.1) is 11.2 Å². The molecule has 4 heteroatoms. The predicted molar refractivity (Wildman–Crippen MR) is 52.2 cm³/mol. The minimum Gasteiger partial charge on any atom is -0.382 e. The number of aromatic nitrogens is 2. The van der Waals surface area contributed by atoms with Gasteiger partial charge in [-0.15, -0.1) is 0 Å². The number of rotatable bonds is 1. The highest BCUT2D eigenvalue weighted by atomic mass is 15.2. The summed E-state index contributed by atoms with van der Waals surface area (Å²) in [6.07, 6.45) is 3.68. The Morgan fingerprint density at radius 1 is 1.54 bits per heavy atom. The molecule has 0 aliphatic carbocycles. The summed E-state index contributed by atoms with van der Waals surface area (Å²) in [5.41, 5.74) is 6.72. The summed E-state index contributed by atoms with van der Waals surface area (Å²) < 4.78 is 0. The van der Waals surface area contributed by atoms with Crippen LogP contribution in [-0.4, -0.2) is 16.7 Å². The smallest absolute Gasteiger partial charge is 0.145 e. The van der Waals surface area contributed by atoms with Crippen molar-refractivity contribution in [2.75, 3.05) is 12.3 Å². The molecule has 13 heavy (non-hydrogen) atoms. The molecule has 1 fully saturated rings. The second-order valence-corrected chi connectivity index (χ2v) is 3.92. The lowest BCUT2D eigenvalue weighted by Gasteiger charge is -2.33. The third-order valence-electron chi connectivity index (χ3n) is 2.81. The molecule has 1 atom stereocenters. The minimum atomic E-state index is 0.0445. The topological polar surface area (TPSA) is 66.7 Å². The van der Waals surface area contributed by atoms with Crippen LogP contribution in [0.2, 0.25) is 0 Å². The molecule has 0 aromatic carbocycles. The Hall–Kier alpha value is -1.03. The Labute approximate surface area is 77.9 Å². The largest absolute Gasteiger partial charge is 0.382 e. The third-order valence-corrected chi connectivity index (χ3v) is 2.81. The van der Waals surface area contributed by atoms with Gasteiger partial charge in [-0.3, -0.25) is 5.10 Å². The van der Waals surface area contributed by atoms with E-state index < -0.39 is 0 Å². The fraction of sp³-hybridized carbons (Fsp3) is 0.667. The van der Waals surface area contributed by atoms with E-state index >= 15 is 0 Å². The Morgan fingerprint density at radius 2 is 2.38 bits per heavy atom. The fourth-order valence-electron chi connectivity index (χ4n) is 1.91. The highest BCUT2D eigenvalue weighted by Gasteiger charge is 2.29.